The summed E-state index contributed by atoms with van der Waals surface area (Å²) in [7, 11) is 0. The van der Waals surface area contributed by atoms with Crippen molar-refractivity contribution in [1.29, 1.82) is 0 Å². The number of carbonyl (C=O) groups is 1. The van der Waals surface area contributed by atoms with Crippen molar-refractivity contribution in [3.63, 3.8) is 0 Å². The summed E-state index contributed by atoms with van der Waals surface area (Å²) in [6, 6.07) is 0. The van der Waals surface area contributed by atoms with Gasteiger partial charge in [-0.25, -0.2) is 0 Å². The second kappa shape index (κ2) is 7.22. The minimum atomic E-state index is -0.0895. The number of halogens is 1. The summed E-state index contributed by atoms with van der Waals surface area (Å²) in [6.07, 6.45) is 5.10. The largest absolute Gasteiger partial charge is 0.349 e. The normalized spacial score (nSPS) is 19.8. The molecule has 0 bridgehead atoms. The molecule has 0 heterocycles. The number of amides is 1. The summed E-state index contributed by atoms with van der Waals surface area (Å²) < 4.78 is 0. The van der Waals surface area contributed by atoms with E-state index in [-0.39, 0.29) is 23.9 Å². The molecule has 1 amide bonds. The Kier molecular flexibility index (Phi) is 7.10. The van der Waals surface area contributed by atoms with E-state index in [1.54, 1.807) is 0 Å². The lowest BCUT2D eigenvalue weighted by Gasteiger charge is -2.29. The molecular weight excluding hydrogens is 236 g/mol. The van der Waals surface area contributed by atoms with E-state index in [0.29, 0.717) is 24.8 Å². The molecule has 0 aliphatic heterocycles. The van der Waals surface area contributed by atoms with Gasteiger partial charge in [0.05, 0.1) is 5.54 Å². The lowest BCUT2D eigenvalue weighted by Crippen LogP contribution is -2.52. The highest BCUT2D eigenvalue weighted by Gasteiger charge is 2.33. The molecule has 1 saturated carbocycles. The van der Waals surface area contributed by atoms with Crippen LogP contribution >= 0.6 is 12.4 Å². The molecule has 1 aliphatic carbocycles. The Morgan fingerprint density at radius 3 is 2.24 bits per heavy atom. The van der Waals surface area contributed by atoms with Gasteiger partial charge < -0.3 is 11.1 Å². The summed E-state index contributed by atoms with van der Waals surface area (Å²) >= 11 is 0. The van der Waals surface area contributed by atoms with Gasteiger partial charge in [-0.3, -0.25) is 4.79 Å². The maximum absolute atomic E-state index is 11.9. The number of nitrogens with two attached hydrogens (primary N) is 1. The molecule has 3 nitrogen and oxygen atoms in total. The van der Waals surface area contributed by atoms with Gasteiger partial charge in [0.1, 0.15) is 0 Å². The quantitative estimate of drug-likeness (QED) is 0.800. The van der Waals surface area contributed by atoms with Crippen molar-refractivity contribution in [2.45, 2.75) is 58.4 Å². The van der Waals surface area contributed by atoms with Crippen LogP contribution < -0.4 is 11.1 Å². The highest BCUT2D eigenvalue weighted by atomic mass is 35.5. The summed E-state index contributed by atoms with van der Waals surface area (Å²) in [4.78, 5) is 11.9. The minimum absolute atomic E-state index is 0. The first-order chi connectivity index (χ1) is 7.49. The lowest BCUT2D eigenvalue weighted by molar-refractivity contribution is -0.124. The highest BCUT2D eigenvalue weighted by molar-refractivity contribution is 5.85. The third kappa shape index (κ3) is 4.84. The average molecular weight is 263 g/mol. The standard InChI is InChI=1S/C13H26N2O.ClH/c1-10(2)11(3)8-12(16)15-13(9-14)6-4-5-7-13;/h10-11H,4-9,14H2,1-3H3,(H,15,16);1H. The maximum Gasteiger partial charge on any atom is 0.220 e. The fourth-order valence-electron chi connectivity index (χ4n) is 2.31. The van der Waals surface area contributed by atoms with E-state index < -0.39 is 0 Å². The Labute approximate surface area is 111 Å². The van der Waals surface area contributed by atoms with Gasteiger partial charge in [0.25, 0.3) is 0 Å². The Bertz CT molecular complexity index is 238. The number of carbonyl (C=O) groups excluding carboxylic acids is 1. The fourth-order valence-corrected chi connectivity index (χ4v) is 2.31. The third-order valence-corrected chi connectivity index (χ3v) is 4.00. The molecule has 1 fully saturated rings. The molecule has 0 saturated heterocycles. The Balaban J connectivity index is 0.00000256. The van der Waals surface area contributed by atoms with Gasteiger partial charge in [-0.1, -0.05) is 33.6 Å². The van der Waals surface area contributed by atoms with Gasteiger partial charge in [-0.05, 0) is 24.7 Å². The van der Waals surface area contributed by atoms with Crippen molar-refractivity contribution in [2.24, 2.45) is 17.6 Å². The fraction of sp³-hybridized carbons (Fsp3) is 0.923. The first-order valence-corrected chi connectivity index (χ1v) is 6.50. The third-order valence-electron chi connectivity index (χ3n) is 4.00. The number of hydrogen-bond acceptors (Lipinski definition) is 2. The zero-order valence-electron chi connectivity index (χ0n) is 11.3. The summed E-state index contributed by atoms with van der Waals surface area (Å²) in [5.74, 6) is 1.17. The monoisotopic (exact) mass is 262 g/mol. The summed E-state index contributed by atoms with van der Waals surface area (Å²) in [5.41, 5.74) is 5.70. The van der Waals surface area contributed by atoms with Crippen LogP contribution in [0.4, 0.5) is 0 Å². The number of hydrogen-bond donors (Lipinski definition) is 2. The van der Waals surface area contributed by atoms with E-state index in [4.69, 9.17) is 5.73 Å². The number of rotatable bonds is 5. The van der Waals surface area contributed by atoms with Crippen LogP contribution in [0.15, 0.2) is 0 Å². The van der Waals surface area contributed by atoms with Crippen LogP contribution in [0.5, 0.6) is 0 Å². The molecule has 1 unspecified atom stereocenters. The lowest BCUT2D eigenvalue weighted by atomic mass is 9.92. The predicted molar refractivity (Wildman–Crippen MR) is 74.3 cm³/mol. The average Bonchev–Trinajstić information content (AvgIpc) is 2.66. The van der Waals surface area contributed by atoms with E-state index in [1.807, 2.05) is 0 Å². The topological polar surface area (TPSA) is 55.1 Å². The van der Waals surface area contributed by atoms with Crippen molar-refractivity contribution in [2.75, 3.05) is 6.54 Å². The van der Waals surface area contributed by atoms with Crippen molar-refractivity contribution in [1.82, 2.24) is 5.32 Å². The second-order valence-electron chi connectivity index (χ2n) is 5.67. The van der Waals surface area contributed by atoms with Gasteiger partial charge in [0, 0.05) is 13.0 Å². The molecule has 0 aromatic carbocycles. The van der Waals surface area contributed by atoms with Crippen molar-refractivity contribution >= 4 is 18.3 Å². The van der Waals surface area contributed by atoms with E-state index in [0.717, 1.165) is 12.8 Å². The summed E-state index contributed by atoms with van der Waals surface area (Å²) in [6.45, 7) is 7.03. The Morgan fingerprint density at radius 2 is 1.82 bits per heavy atom. The van der Waals surface area contributed by atoms with E-state index in [1.165, 1.54) is 12.8 Å². The first-order valence-electron chi connectivity index (χ1n) is 6.50. The van der Waals surface area contributed by atoms with E-state index >= 15 is 0 Å². The Hall–Kier alpha value is -0.280. The Morgan fingerprint density at radius 1 is 1.29 bits per heavy atom. The molecule has 0 aromatic heterocycles. The molecule has 0 radical (unpaired) electrons. The smallest absolute Gasteiger partial charge is 0.220 e. The molecule has 0 spiro atoms. The predicted octanol–water partition coefficient (Wildman–Crippen LogP) is 2.48. The zero-order chi connectivity index (χ0) is 12.2. The van der Waals surface area contributed by atoms with Gasteiger partial charge >= 0.3 is 0 Å². The minimum Gasteiger partial charge on any atom is -0.349 e. The molecular formula is C13H27ClN2O. The molecule has 4 heteroatoms. The summed E-state index contributed by atoms with van der Waals surface area (Å²) in [5, 5.41) is 3.16. The molecule has 17 heavy (non-hydrogen) atoms. The maximum atomic E-state index is 11.9. The first kappa shape index (κ1) is 16.7. The van der Waals surface area contributed by atoms with Crippen molar-refractivity contribution in [3.8, 4) is 0 Å². The van der Waals surface area contributed by atoms with Crippen LogP contribution in [-0.2, 0) is 4.79 Å². The van der Waals surface area contributed by atoms with E-state index in [2.05, 4.69) is 26.1 Å². The highest BCUT2D eigenvalue weighted by Crippen LogP contribution is 2.29. The van der Waals surface area contributed by atoms with Gasteiger partial charge in [0.15, 0.2) is 0 Å². The van der Waals surface area contributed by atoms with Crippen LogP contribution in [0, 0.1) is 11.8 Å². The second-order valence-corrected chi connectivity index (χ2v) is 5.67. The number of nitrogens with one attached hydrogen (secondary N) is 1. The van der Waals surface area contributed by atoms with Crippen LogP contribution in [0.3, 0.4) is 0 Å². The van der Waals surface area contributed by atoms with Crippen LogP contribution in [0.25, 0.3) is 0 Å². The van der Waals surface area contributed by atoms with Gasteiger partial charge in [0.2, 0.25) is 5.91 Å². The SMILES string of the molecule is CC(C)C(C)CC(=O)NC1(CN)CCCC1.Cl. The zero-order valence-corrected chi connectivity index (χ0v) is 12.1. The molecule has 3 N–H and O–H groups in total. The van der Waals surface area contributed by atoms with Crippen LogP contribution in [-0.4, -0.2) is 18.0 Å². The van der Waals surface area contributed by atoms with Crippen LogP contribution in [0.2, 0.25) is 0 Å². The molecule has 1 atom stereocenters. The van der Waals surface area contributed by atoms with E-state index in [9.17, 15) is 4.79 Å². The van der Waals surface area contributed by atoms with Gasteiger partial charge in [-0.15, -0.1) is 12.4 Å². The van der Waals surface area contributed by atoms with Crippen molar-refractivity contribution < 1.29 is 4.79 Å². The van der Waals surface area contributed by atoms with Crippen molar-refractivity contribution in [3.05, 3.63) is 0 Å². The molecule has 102 valence electrons. The molecule has 1 rings (SSSR count). The molecule has 1 aliphatic rings. The molecule has 0 aromatic rings. The van der Waals surface area contributed by atoms with Gasteiger partial charge in [-0.2, -0.15) is 0 Å². The van der Waals surface area contributed by atoms with Crippen LogP contribution in [0.1, 0.15) is 52.9 Å².